The first-order chi connectivity index (χ1) is 15.1. The molecular weight excluding hydrogens is 394 g/mol. The van der Waals surface area contributed by atoms with Crippen LogP contribution in [0.3, 0.4) is 0 Å². The Morgan fingerprint density at radius 2 is 1.71 bits per heavy atom. The molecule has 0 saturated carbocycles. The number of anilines is 4. The molecule has 1 aromatic heterocycles. The molecule has 0 bridgehead atoms. The van der Waals surface area contributed by atoms with Crippen molar-refractivity contribution < 1.29 is 14.4 Å². The molecule has 3 aromatic rings. The van der Waals surface area contributed by atoms with E-state index in [0.717, 1.165) is 43.4 Å². The first kappa shape index (κ1) is 20.7. The largest absolute Gasteiger partial charge is 0.497 e. The molecule has 4 rings (SSSR count). The van der Waals surface area contributed by atoms with E-state index in [4.69, 9.17) is 15.2 Å². The summed E-state index contributed by atoms with van der Waals surface area (Å²) < 4.78 is 10.5. The van der Waals surface area contributed by atoms with Crippen molar-refractivity contribution in [2.45, 2.75) is 6.54 Å². The average molecular weight is 423 g/mol. The van der Waals surface area contributed by atoms with Crippen LogP contribution in [0, 0.1) is 0 Å². The highest BCUT2D eigenvalue weighted by Gasteiger charge is 2.22. The van der Waals surface area contributed by atoms with Gasteiger partial charge in [0, 0.05) is 17.4 Å². The number of aromatic nitrogens is 3. The van der Waals surface area contributed by atoms with E-state index in [9.17, 15) is 0 Å². The van der Waals surface area contributed by atoms with Crippen molar-refractivity contribution in [2.75, 3.05) is 56.3 Å². The normalized spacial score (nSPS) is 14.3. The van der Waals surface area contributed by atoms with Crippen molar-refractivity contribution in [1.29, 1.82) is 0 Å². The number of hydrogen-bond acceptors (Lipinski definition) is 8. The van der Waals surface area contributed by atoms with E-state index in [2.05, 4.69) is 37.3 Å². The highest BCUT2D eigenvalue weighted by atomic mass is 16.5. The van der Waals surface area contributed by atoms with Crippen LogP contribution in [0.25, 0.3) is 0 Å². The van der Waals surface area contributed by atoms with Crippen molar-refractivity contribution in [3.63, 3.8) is 0 Å². The molecular formula is C22H28N7O2+. The lowest BCUT2D eigenvalue weighted by molar-refractivity contribution is -0.915. The summed E-state index contributed by atoms with van der Waals surface area (Å²) in [5, 5.41) is 3.19. The van der Waals surface area contributed by atoms with E-state index in [1.54, 1.807) is 14.2 Å². The molecule has 0 radical (unpaired) electrons. The van der Waals surface area contributed by atoms with Gasteiger partial charge in [-0.25, -0.2) is 0 Å². The van der Waals surface area contributed by atoms with Gasteiger partial charge in [-0.1, -0.05) is 6.07 Å². The topological polar surface area (TPSA) is 103 Å². The molecule has 0 unspecified atom stereocenters. The van der Waals surface area contributed by atoms with Gasteiger partial charge < -0.3 is 30.3 Å². The highest BCUT2D eigenvalue weighted by molar-refractivity contribution is 5.55. The van der Waals surface area contributed by atoms with Crippen molar-refractivity contribution >= 4 is 23.3 Å². The summed E-state index contributed by atoms with van der Waals surface area (Å²) >= 11 is 0. The fraction of sp³-hybridized carbons (Fsp3) is 0.318. The first-order valence-corrected chi connectivity index (χ1v) is 10.3. The summed E-state index contributed by atoms with van der Waals surface area (Å²) in [6, 6.07) is 15.8. The van der Waals surface area contributed by atoms with Crippen LogP contribution in [0.2, 0.25) is 0 Å². The smallest absolute Gasteiger partial charge is 0.232 e. The number of nitrogens with zero attached hydrogens (tertiary/aromatic N) is 4. The Labute approximate surface area is 181 Å². The second-order valence-electron chi connectivity index (χ2n) is 7.40. The van der Waals surface area contributed by atoms with Crippen molar-refractivity contribution in [2.24, 2.45) is 0 Å². The van der Waals surface area contributed by atoms with Gasteiger partial charge in [0.2, 0.25) is 11.9 Å². The number of piperazine rings is 1. The van der Waals surface area contributed by atoms with E-state index in [1.807, 2.05) is 36.4 Å². The van der Waals surface area contributed by atoms with E-state index in [0.29, 0.717) is 18.3 Å². The number of nitrogens with one attached hydrogen (secondary N) is 2. The maximum absolute atomic E-state index is 5.94. The van der Waals surface area contributed by atoms with Crippen LogP contribution in [0.4, 0.5) is 23.3 Å². The zero-order valence-corrected chi connectivity index (χ0v) is 17.8. The Hall–Kier alpha value is -3.59. The standard InChI is InChI=1S/C22H27N7O2/c1-30-18-8-6-16(7-9-18)24-22-26-20(25-21(23)27-22)15-28-10-12-29(13-11-28)17-4-3-5-19(14-17)31-2/h3-9,14H,10-13,15H2,1-2H3,(H3,23,24,25,26,27)/p+1. The Balaban J connectivity index is 1.37. The summed E-state index contributed by atoms with van der Waals surface area (Å²) in [5.74, 6) is 3.02. The van der Waals surface area contributed by atoms with Gasteiger partial charge in [-0.05, 0) is 36.4 Å². The third kappa shape index (κ3) is 5.32. The summed E-state index contributed by atoms with van der Waals surface area (Å²) in [7, 11) is 3.33. The summed E-state index contributed by atoms with van der Waals surface area (Å²) in [6.45, 7) is 4.60. The lowest BCUT2D eigenvalue weighted by Gasteiger charge is -2.33. The fourth-order valence-electron chi connectivity index (χ4n) is 3.67. The number of quaternary nitrogens is 1. The monoisotopic (exact) mass is 422 g/mol. The first-order valence-electron chi connectivity index (χ1n) is 10.3. The minimum absolute atomic E-state index is 0.218. The van der Waals surface area contributed by atoms with Gasteiger partial charge in [-0.3, -0.25) is 0 Å². The van der Waals surface area contributed by atoms with E-state index < -0.39 is 0 Å². The average Bonchev–Trinajstić information content (AvgIpc) is 2.80. The summed E-state index contributed by atoms with van der Waals surface area (Å²) in [5.41, 5.74) is 7.98. The maximum atomic E-state index is 5.94. The lowest BCUT2D eigenvalue weighted by atomic mass is 10.2. The van der Waals surface area contributed by atoms with Crippen LogP contribution in [0.1, 0.15) is 5.82 Å². The number of ether oxygens (including phenoxy) is 2. The number of benzene rings is 2. The van der Waals surface area contributed by atoms with Crippen LogP contribution in [-0.4, -0.2) is 55.4 Å². The molecule has 1 saturated heterocycles. The lowest BCUT2D eigenvalue weighted by Crippen LogP contribution is -3.13. The fourth-order valence-corrected chi connectivity index (χ4v) is 3.67. The van der Waals surface area contributed by atoms with Crippen molar-refractivity contribution in [3.8, 4) is 11.5 Å². The molecule has 2 heterocycles. The molecule has 0 amide bonds. The zero-order chi connectivity index (χ0) is 21.6. The molecule has 0 spiro atoms. The van der Waals surface area contributed by atoms with Gasteiger partial charge in [-0.15, -0.1) is 0 Å². The van der Waals surface area contributed by atoms with Crippen LogP contribution < -0.4 is 30.3 Å². The third-order valence-electron chi connectivity index (χ3n) is 5.34. The predicted octanol–water partition coefficient (Wildman–Crippen LogP) is 1.12. The molecule has 31 heavy (non-hydrogen) atoms. The van der Waals surface area contributed by atoms with Gasteiger partial charge in [0.15, 0.2) is 5.82 Å². The van der Waals surface area contributed by atoms with Crippen molar-refractivity contribution in [3.05, 3.63) is 54.4 Å². The maximum Gasteiger partial charge on any atom is 0.232 e. The third-order valence-corrected chi connectivity index (χ3v) is 5.34. The zero-order valence-electron chi connectivity index (χ0n) is 17.8. The van der Waals surface area contributed by atoms with E-state index in [-0.39, 0.29) is 5.95 Å². The quantitative estimate of drug-likeness (QED) is 0.521. The second kappa shape index (κ2) is 9.48. The van der Waals surface area contributed by atoms with Crippen LogP contribution in [0.15, 0.2) is 48.5 Å². The van der Waals surface area contributed by atoms with Gasteiger partial charge in [0.25, 0.3) is 0 Å². The number of methoxy groups -OCH3 is 2. The molecule has 9 heteroatoms. The van der Waals surface area contributed by atoms with E-state index >= 15 is 0 Å². The minimum Gasteiger partial charge on any atom is -0.497 e. The van der Waals surface area contributed by atoms with Gasteiger partial charge in [0.1, 0.15) is 18.0 Å². The van der Waals surface area contributed by atoms with Crippen LogP contribution in [-0.2, 0) is 6.54 Å². The number of rotatable bonds is 7. The molecule has 2 aromatic carbocycles. The highest BCUT2D eigenvalue weighted by Crippen LogP contribution is 2.21. The Morgan fingerprint density at radius 3 is 2.42 bits per heavy atom. The van der Waals surface area contributed by atoms with Crippen molar-refractivity contribution in [1.82, 2.24) is 15.0 Å². The van der Waals surface area contributed by atoms with Gasteiger partial charge in [0.05, 0.1) is 40.4 Å². The van der Waals surface area contributed by atoms with Gasteiger partial charge >= 0.3 is 0 Å². The second-order valence-corrected chi connectivity index (χ2v) is 7.40. The van der Waals surface area contributed by atoms with E-state index in [1.165, 1.54) is 10.6 Å². The number of nitrogens with two attached hydrogens (primary N) is 1. The summed E-state index contributed by atoms with van der Waals surface area (Å²) in [4.78, 5) is 16.9. The minimum atomic E-state index is 0.218. The Kier molecular flexibility index (Phi) is 6.32. The van der Waals surface area contributed by atoms with Crippen LogP contribution in [0.5, 0.6) is 11.5 Å². The number of nitrogen functional groups attached to an aromatic ring is 1. The Bertz CT molecular complexity index is 1000. The molecule has 1 fully saturated rings. The summed E-state index contributed by atoms with van der Waals surface area (Å²) in [6.07, 6.45) is 0. The predicted molar refractivity (Wildman–Crippen MR) is 120 cm³/mol. The molecule has 1 aliphatic rings. The molecule has 0 aliphatic carbocycles. The molecule has 9 nitrogen and oxygen atoms in total. The molecule has 1 aliphatic heterocycles. The molecule has 162 valence electrons. The molecule has 0 atom stereocenters. The Morgan fingerprint density at radius 1 is 0.968 bits per heavy atom. The SMILES string of the molecule is COc1ccc(Nc2nc(N)nc(C[NH+]3CCN(c4cccc(OC)c4)CC3)n2)cc1. The molecule has 4 N–H and O–H groups in total. The number of hydrogen-bond donors (Lipinski definition) is 3. The van der Waals surface area contributed by atoms with Gasteiger partial charge in [-0.2, -0.15) is 15.0 Å². The van der Waals surface area contributed by atoms with Crippen LogP contribution >= 0.6 is 0 Å².